The molecule has 2 atom stereocenters. The molecule has 0 aromatic heterocycles. The van der Waals surface area contributed by atoms with Crippen molar-refractivity contribution in [2.75, 3.05) is 11.4 Å². The molecule has 1 aromatic carbocycles. The SMILES string of the molecule is CCC(C)N(CC)c1ccc(Cl)cc1CC(C)N. The van der Waals surface area contributed by atoms with Crippen molar-refractivity contribution < 1.29 is 0 Å². The van der Waals surface area contributed by atoms with Crippen molar-refractivity contribution in [2.24, 2.45) is 5.73 Å². The van der Waals surface area contributed by atoms with Gasteiger partial charge in [-0.2, -0.15) is 0 Å². The highest BCUT2D eigenvalue weighted by Gasteiger charge is 2.15. The van der Waals surface area contributed by atoms with Crippen LogP contribution in [0.3, 0.4) is 0 Å². The van der Waals surface area contributed by atoms with Gasteiger partial charge in [0.2, 0.25) is 0 Å². The minimum Gasteiger partial charge on any atom is -0.369 e. The maximum Gasteiger partial charge on any atom is 0.0410 e. The van der Waals surface area contributed by atoms with E-state index in [0.29, 0.717) is 6.04 Å². The lowest BCUT2D eigenvalue weighted by molar-refractivity contribution is 0.624. The quantitative estimate of drug-likeness (QED) is 0.849. The molecule has 3 heteroatoms. The molecule has 0 radical (unpaired) electrons. The maximum atomic E-state index is 6.10. The molecule has 0 saturated carbocycles. The summed E-state index contributed by atoms with van der Waals surface area (Å²) in [4.78, 5) is 2.42. The van der Waals surface area contributed by atoms with Gasteiger partial charge in [-0.3, -0.25) is 0 Å². The molecule has 102 valence electrons. The fourth-order valence-corrected chi connectivity index (χ4v) is 2.48. The van der Waals surface area contributed by atoms with Crippen LogP contribution < -0.4 is 10.6 Å². The third-order valence-corrected chi connectivity index (χ3v) is 3.59. The van der Waals surface area contributed by atoms with Gasteiger partial charge in [0.05, 0.1) is 0 Å². The molecule has 0 fully saturated rings. The fourth-order valence-electron chi connectivity index (χ4n) is 2.28. The lowest BCUT2D eigenvalue weighted by atomic mass is 10.0. The molecule has 0 aliphatic carbocycles. The van der Waals surface area contributed by atoms with E-state index < -0.39 is 0 Å². The number of hydrogen-bond donors (Lipinski definition) is 1. The maximum absolute atomic E-state index is 6.10. The third kappa shape index (κ3) is 3.89. The van der Waals surface area contributed by atoms with Crippen LogP contribution in [0.4, 0.5) is 5.69 Å². The molecule has 0 bridgehead atoms. The Kier molecular flexibility index (Phi) is 5.97. The normalized spacial score (nSPS) is 14.3. The average Bonchev–Trinajstić information content (AvgIpc) is 2.31. The van der Waals surface area contributed by atoms with E-state index in [1.807, 2.05) is 19.1 Å². The first kappa shape index (κ1) is 15.3. The van der Waals surface area contributed by atoms with Crippen molar-refractivity contribution in [3.05, 3.63) is 28.8 Å². The second kappa shape index (κ2) is 7.01. The van der Waals surface area contributed by atoms with E-state index in [2.05, 4.69) is 31.7 Å². The van der Waals surface area contributed by atoms with Crippen molar-refractivity contribution >= 4 is 17.3 Å². The Morgan fingerprint density at radius 3 is 2.44 bits per heavy atom. The minimum absolute atomic E-state index is 0.151. The van der Waals surface area contributed by atoms with Gasteiger partial charge in [0.25, 0.3) is 0 Å². The van der Waals surface area contributed by atoms with Gasteiger partial charge >= 0.3 is 0 Å². The molecular formula is C15H25ClN2. The van der Waals surface area contributed by atoms with Gasteiger partial charge in [0.15, 0.2) is 0 Å². The Balaban J connectivity index is 3.12. The van der Waals surface area contributed by atoms with E-state index in [4.69, 9.17) is 17.3 Å². The first-order chi connectivity index (χ1) is 8.49. The van der Waals surface area contributed by atoms with Crippen molar-refractivity contribution in [1.29, 1.82) is 0 Å². The topological polar surface area (TPSA) is 29.3 Å². The molecule has 1 rings (SSSR count). The third-order valence-electron chi connectivity index (χ3n) is 3.36. The van der Waals surface area contributed by atoms with E-state index in [0.717, 1.165) is 24.4 Å². The highest BCUT2D eigenvalue weighted by molar-refractivity contribution is 6.30. The predicted molar refractivity (Wildman–Crippen MR) is 81.6 cm³/mol. The van der Waals surface area contributed by atoms with Crippen LogP contribution in [0.2, 0.25) is 5.02 Å². The number of nitrogens with two attached hydrogens (primary N) is 1. The lowest BCUT2D eigenvalue weighted by Crippen LogP contribution is -2.33. The monoisotopic (exact) mass is 268 g/mol. The van der Waals surface area contributed by atoms with Crippen LogP contribution in [0, 0.1) is 0 Å². The first-order valence-corrected chi connectivity index (χ1v) is 7.18. The Hall–Kier alpha value is -0.730. The van der Waals surface area contributed by atoms with Gasteiger partial charge in [-0.05, 0) is 57.4 Å². The zero-order valence-electron chi connectivity index (χ0n) is 11.9. The summed E-state index contributed by atoms with van der Waals surface area (Å²) in [5.41, 5.74) is 8.45. The summed E-state index contributed by atoms with van der Waals surface area (Å²) in [5.74, 6) is 0. The summed E-state index contributed by atoms with van der Waals surface area (Å²) in [6, 6.07) is 6.81. The number of anilines is 1. The standard InChI is InChI=1S/C15H25ClN2/c1-5-12(4)18(6-2)15-8-7-14(16)10-13(15)9-11(3)17/h7-8,10-12H,5-6,9,17H2,1-4H3. The fraction of sp³-hybridized carbons (Fsp3) is 0.600. The Morgan fingerprint density at radius 1 is 1.28 bits per heavy atom. The molecule has 0 amide bonds. The van der Waals surface area contributed by atoms with E-state index in [-0.39, 0.29) is 6.04 Å². The van der Waals surface area contributed by atoms with Crippen LogP contribution >= 0.6 is 11.6 Å². The molecule has 18 heavy (non-hydrogen) atoms. The van der Waals surface area contributed by atoms with Gasteiger partial charge in [-0.25, -0.2) is 0 Å². The average molecular weight is 269 g/mol. The highest BCUT2D eigenvalue weighted by atomic mass is 35.5. The van der Waals surface area contributed by atoms with Gasteiger partial charge < -0.3 is 10.6 Å². The number of halogens is 1. The van der Waals surface area contributed by atoms with Crippen LogP contribution in [0.1, 0.15) is 39.7 Å². The van der Waals surface area contributed by atoms with Crippen molar-refractivity contribution in [1.82, 2.24) is 0 Å². The van der Waals surface area contributed by atoms with Gasteiger partial charge in [-0.15, -0.1) is 0 Å². The Bertz CT molecular complexity index is 377. The summed E-state index contributed by atoms with van der Waals surface area (Å²) in [6.45, 7) is 9.70. The molecule has 0 saturated heterocycles. The number of nitrogens with zero attached hydrogens (tertiary/aromatic N) is 1. The van der Waals surface area contributed by atoms with E-state index in [1.54, 1.807) is 0 Å². The van der Waals surface area contributed by atoms with Crippen LogP contribution in [0.5, 0.6) is 0 Å². The zero-order valence-corrected chi connectivity index (χ0v) is 12.7. The van der Waals surface area contributed by atoms with Crippen LogP contribution in [-0.2, 0) is 6.42 Å². The Morgan fingerprint density at radius 2 is 1.94 bits per heavy atom. The molecule has 0 aliphatic heterocycles. The lowest BCUT2D eigenvalue weighted by Gasteiger charge is -2.32. The van der Waals surface area contributed by atoms with Gasteiger partial charge in [0, 0.05) is 29.3 Å². The molecule has 0 aliphatic rings. The molecule has 2 nitrogen and oxygen atoms in total. The summed E-state index contributed by atoms with van der Waals surface area (Å²) in [5, 5.41) is 0.787. The largest absolute Gasteiger partial charge is 0.369 e. The highest BCUT2D eigenvalue weighted by Crippen LogP contribution is 2.27. The second-order valence-corrected chi connectivity index (χ2v) is 5.43. The first-order valence-electron chi connectivity index (χ1n) is 6.80. The number of rotatable bonds is 6. The van der Waals surface area contributed by atoms with Crippen LogP contribution in [-0.4, -0.2) is 18.6 Å². The summed E-state index contributed by atoms with van der Waals surface area (Å²) < 4.78 is 0. The zero-order chi connectivity index (χ0) is 13.7. The van der Waals surface area contributed by atoms with Crippen LogP contribution in [0.15, 0.2) is 18.2 Å². The second-order valence-electron chi connectivity index (χ2n) is 5.00. The summed E-state index contributed by atoms with van der Waals surface area (Å²) in [6.07, 6.45) is 2.00. The van der Waals surface area contributed by atoms with Gasteiger partial charge in [0.1, 0.15) is 0 Å². The number of hydrogen-bond acceptors (Lipinski definition) is 2. The van der Waals surface area contributed by atoms with E-state index >= 15 is 0 Å². The molecule has 0 heterocycles. The van der Waals surface area contributed by atoms with Crippen LogP contribution in [0.25, 0.3) is 0 Å². The Labute approximate surface area is 116 Å². The molecule has 1 aromatic rings. The minimum atomic E-state index is 0.151. The molecule has 2 unspecified atom stereocenters. The smallest absolute Gasteiger partial charge is 0.0410 e. The van der Waals surface area contributed by atoms with Crippen molar-refractivity contribution in [3.8, 4) is 0 Å². The molecular weight excluding hydrogens is 244 g/mol. The summed E-state index contributed by atoms with van der Waals surface area (Å²) >= 11 is 6.10. The summed E-state index contributed by atoms with van der Waals surface area (Å²) in [7, 11) is 0. The predicted octanol–water partition coefficient (Wildman–Crippen LogP) is 3.85. The van der Waals surface area contributed by atoms with Gasteiger partial charge in [-0.1, -0.05) is 18.5 Å². The van der Waals surface area contributed by atoms with Crippen molar-refractivity contribution in [2.45, 2.75) is 52.6 Å². The van der Waals surface area contributed by atoms with Crippen molar-refractivity contribution in [3.63, 3.8) is 0 Å². The molecule has 2 N–H and O–H groups in total. The van der Waals surface area contributed by atoms with E-state index in [9.17, 15) is 0 Å². The molecule has 0 spiro atoms. The number of benzene rings is 1. The van der Waals surface area contributed by atoms with E-state index in [1.165, 1.54) is 11.3 Å².